The van der Waals surface area contributed by atoms with Crippen LogP contribution in [0.25, 0.3) is 27.8 Å². The third-order valence-electron chi connectivity index (χ3n) is 5.18. The molecule has 0 amide bonds. The number of aryl methyl sites for hydroxylation is 1. The highest BCUT2D eigenvalue weighted by Gasteiger charge is 2.19. The van der Waals surface area contributed by atoms with Crippen molar-refractivity contribution in [3.05, 3.63) is 71.6 Å². The van der Waals surface area contributed by atoms with Crippen LogP contribution in [0.4, 0.5) is 5.82 Å². The van der Waals surface area contributed by atoms with Crippen LogP contribution < -0.4 is 5.32 Å². The Bertz CT molecular complexity index is 1170. The molecule has 0 bridgehead atoms. The Morgan fingerprint density at radius 3 is 2.45 bits per heavy atom. The molecule has 4 aromatic rings. The maximum absolute atomic E-state index is 6.42. The van der Waals surface area contributed by atoms with Gasteiger partial charge in [-0.15, -0.1) is 0 Å². The van der Waals surface area contributed by atoms with E-state index in [1.165, 1.54) is 0 Å². The molecule has 0 atom stereocenters. The van der Waals surface area contributed by atoms with E-state index in [0.717, 1.165) is 39.2 Å². The van der Waals surface area contributed by atoms with Crippen LogP contribution in [0.1, 0.15) is 5.56 Å². The lowest BCUT2D eigenvalue weighted by atomic mass is 10.1. The SMILES string of the molecule is COCC(COC)Nc1ncnc2c1c(-c1ccccc1)cn2-c1ccc(C)c(Cl)c1. The zero-order valence-corrected chi connectivity index (χ0v) is 18.6. The van der Waals surface area contributed by atoms with Gasteiger partial charge in [0.15, 0.2) is 5.65 Å². The monoisotopic (exact) mass is 436 g/mol. The number of benzene rings is 2. The molecule has 0 radical (unpaired) electrons. The van der Waals surface area contributed by atoms with Gasteiger partial charge < -0.3 is 19.4 Å². The van der Waals surface area contributed by atoms with Crippen LogP contribution in [-0.2, 0) is 9.47 Å². The average molecular weight is 437 g/mol. The van der Waals surface area contributed by atoms with E-state index in [-0.39, 0.29) is 6.04 Å². The quantitative estimate of drug-likeness (QED) is 0.415. The Labute approximate surface area is 186 Å². The van der Waals surface area contributed by atoms with Crippen molar-refractivity contribution in [2.24, 2.45) is 0 Å². The van der Waals surface area contributed by atoms with Crippen LogP contribution in [0, 0.1) is 6.92 Å². The number of halogens is 1. The number of fused-ring (bicyclic) bond motifs is 1. The highest BCUT2D eigenvalue weighted by atomic mass is 35.5. The number of methoxy groups -OCH3 is 2. The Kier molecular flexibility index (Phi) is 6.51. The normalized spacial score (nSPS) is 11.4. The summed E-state index contributed by atoms with van der Waals surface area (Å²) >= 11 is 6.42. The second kappa shape index (κ2) is 9.47. The lowest BCUT2D eigenvalue weighted by Gasteiger charge is -2.18. The van der Waals surface area contributed by atoms with Gasteiger partial charge in [-0.05, 0) is 30.2 Å². The average Bonchev–Trinajstić information content (AvgIpc) is 3.17. The van der Waals surface area contributed by atoms with Crippen LogP contribution in [0.2, 0.25) is 5.02 Å². The number of nitrogens with zero attached hydrogens (tertiary/aromatic N) is 3. The number of aromatic nitrogens is 3. The molecule has 0 spiro atoms. The standard InChI is InChI=1S/C24H25ClN4O2/c1-16-9-10-19(11-21(16)25)29-12-20(17-7-5-4-6-8-17)22-23(26-15-27-24(22)29)28-18(13-30-2)14-31-3/h4-12,15,18H,13-14H2,1-3H3,(H,26,27,28). The number of hydrogen-bond acceptors (Lipinski definition) is 5. The second-order valence-electron chi connectivity index (χ2n) is 7.39. The van der Waals surface area contributed by atoms with Crippen molar-refractivity contribution < 1.29 is 9.47 Å². The van der Waals surface area contributed by atoms with E-state index in [1.54, 1.807) is 20.5 Å². The summed E-state index contributed by atoms with van der Waals surface area (Å²) in [6, 6.07) is 16.2. The minimum Gasteiger partial charge on any atom is -0.382 e. The molecule has 7 heteroatoms. The predicted molar refractivity (Wildman–Crippen MR) is 125 cm³/mol. The topological polar surface area (TPSA) is 61.2 Å². The molecule has 4 rings (SSSR count). The first-order chi connectivity index (χ1) is 15.1. The highest BCUT2D eigenvalue weighted by molar-refractivity contribution is 6.31. The fourth-order valence-electron chi connectivity index (χ4n) is 3.66. The number of rotatable bonds is 8. The van der Waals surface area contributed by atoms with Crippen molar-refractivity contribution in [2.45, 2.75) is 13.0 Å². The molecule has 160 valence electrons. The molecule has 0 fully saturated rings. The first kappa shape index (κ1) is 21.3. The van der Waals surface area contributed by atoms with Crippen LogP contribution >= 0.6 is 11.6 Å². The fourth-order valence-corrected chi connectivity index (χ4v) is 3.84. The highest BCUT2D eigenvalue weighted by Crippen LogP contribution is 2.36. The molecule has 0 aliphatic heterocycles. The molecular weight excluding hydrogens is 412 g/mol. The third-order valence-corrected chi connectivity index (χ3v) is 5.59. The van der Waals surface area contributed by atoms with E-state index in [9.17, 15) is 0 Å². The first-order valence-corrected chi connectivity index (χ1v) is 10.4. The summed E-state index contributed by atoms with van der Waals surface area (Å²) in [7, 11) is 3.35. The van der Waals surface area contributed by atoms with Gasteiger partial charge in [0.05, 0.1) is 24.6 Å². The summed E-state index contributed by atoms with van der Waals surface area (Å²) in [6.07, 6.45) is 3.66. The van der Waals surface area contributed by atoms with E-state index < -0.39 is 0 Å². The van der Waals surface area contributed by atoms with Gasteiger partial charge in [0.25, 0.3) is 0 Å². The summed E-state index contributed by atoms with van der Waals surface area (Å²) in [6.45, 7) is 2.98. The Morgan fingerprint density at radius 1 is 1.03 bits per heavy atom. The van der Waals surface area contributed by atoms with E-state index in [4.69, 9.17) is 21.1 Å². The minimum atomic E-state index is -0.0473. The molecule has 6 nitrogen and oxygen atoms in total. The minimum absolute atomic E-state index is 0.0473. The molecule has 0 saturated carbocycles. The zero-order chi connectivity index (χ0) is 21.8. The van der Waals surface area contributed by atoms with Crippen molar-refractivity contribution in [3.63, 3.8) is 0 Å². The molecule has 1 N–H and O–H groups in total. The maximum atomic E-state index is 6.42. The zero-order valence-electron chi connectivity index (χ0n) is 17.8. The number of anilines is 1. The van der Waals surface area contributed by atoms with Crippen molar-refractivity contribution in [3.8, 4) is 16.8 Å². The smallest absolute Gasteiger partial charge is 0.150 e. The van der Waals surface area contributed by atoms with Gasteiger partial charge in [-0.25, -0.2) is 9.97 Å². The maximum Gasteiger partial charge on any atom is 0.150 e. The van der Waals surface area contributed by atoms with Gasteiger partial charge in [-0.2, -0.15) is 0 Å². The van der Waals surface area contributed by atoms with Crippen molar-refractivity contribution >= 4 is 28.5 Å². The lowest BCUT2D eigenvalue weighted by molar-refractivity contribution is 0.126. The van der Waals surface area contributed by atoms with Crippen LogP contribution in [0.15, 0.2) is 61.1 Å². The van der Waals surface area contributed by atoms with Crippen molar-refractivity contribution in [1.29, 1.82) is 0 Å². The lowest BCUT2D eigenvalue weighted by Crippen LogP contribution is -2.30. The second-order valence-corrected chi connectivity index (χ2v) is 7.79. The molecule has 2 aromatic carbocycles. The molecule has 31 heavy (non-hydrogen) atoms. The van der Waals surface area contributed by atoms with Crippen LogP contribution in [-0.4, -0.2) is 48.0 Å². The summed E-state index contributed by atoms with van der Waals surface area (Å²) in [5.41, 5.74) is 4.88. The van der Waals surface area contributed by atoms with Crippen molar-refractivity contribution in [2.75, 3.05) is 32.8 Å². The first-order valence-electron chi connectivity index (χ1n) is 10.0. The molecule has 0 unspecified atom stereocenters. The van der Waals surface area contributed by atoms with Gasteiger partial charge in [0.1, 0.15) is 12.1 Å². The van der Waals surface area contributed by atoms with Gasteiger partial charge >= 0.3 is 0 Å². The number of hydrogen-bond donors (Lipinski definition) is 1. The van der Waals surface area contributed by atoms with E-state index >= 15 is 0 Å². The van der Waals surface area contributed by atoms with Crippen LogP contribution in [0.5, 0.6) is 0 Å². The van der Waals surface area contributed by atoms with E-state index in [2.05, 4.69) is 38.2 Å². The summed E-state index contributed by atoms with van der Waals surface area (Å²) in [4.78, 5) is 9.19. The Balaban J connectivity index is 1.92. The summed E-state index contributed by atoms with van der Waals surface area (Å²) < 4.78 is 12.8. The van der Waals surface area contributed by atoms with Crippen LogP contribution in [0.3, 0.4) is 0 Å². The largest absolute Gasteiger partial charge is 0.382 e. The predicted octanol–water partition coefficient (Wildman–Crippen LogP) is 5.12. The van der Waals surface area contributed by atoms with E-state index in [1.807, 2.05) is 43.3 Å². The molecular formula is C24H25ClN4O2. The third kappa shape index (κ3) is 4.42. The summed E-state index contributed by atoms with van der Waals surface area (Å²) in [5.74, 6) is 0.736. The number of nitrogens with one attached hydrogen (secondary N) is 1. The molecule has 0 saturated heterocycles. The molecule has 2 heterocycles. The van der Waals surface area contributed by atoms with Gasteiger partial charge in [-0.1, -0.05) is 48.0 Å². The van der Waals surface area contributed by atoms with Gasteiger partial charge in [0, 0.05) is 36.7 Å². The van der Waals surface area contributed by atoms with E-state index in [0.29, 0.717) is 18.2 Å². The number of ether oxygens (including phenoxy) is 2. The summed E-state index contributed by atoms with van der Waals surface area (Å²) in [5, 5.41) is 5.13. The Morgan fingerprint density at radius 2 is 1.77 bits per heavy atom. The van der Waals surface area contributed by atoms with Gasteiger partial charge in [-0.3, -0.25) is 0 Å². The fraction of sp³-hybridized carbons (Fsp3) is 0.250. The van der Waals surface area contributed by atoms with Gasteiger partial charge in [0.2, 0.25) is 0 Å². The molecule has 2 aromatic heterocycles. The Hall–Kier alpha value is -2.93. The molecule has 0 aliphatic carbocycles. The van der Waals surface area contributed by atoms with Crippen molar-refractivity contribution in [1.82, 2.24) is 14.5 Å². The molecule has 0 aliphatic rings.